The van der Waals surface area contributed by atoms with Gasteiger partial charge in [-0.05, 0) is 30.3 Å². The van der Waals surface area contributed by atoms with Crippen molar-refractivity contribution >= 4 is 21.9 Å². The summed E-state index contributed by atoms with van der Waals surface area (Å²) in [7, 11) is 0. The summed E-state index contributed by atoms with van der Waals surface area (Å²) in [5, 5.41) is 9.57. The lowest BCUT2D eigenvalue weighted by Gasteiger charge is -2.01. The minimum absolute atomic E-state index is 0.723. The largest absolute Gasteiger partial charge is 0.353 e. The first-order valence-electron chi connectivity index (χ1n) is 9.51. The van der Waals surface area contributed by atoms with Gasteiger partial charge >= 0.3 is 0 Å². The number of pyridine rings is 2. The fourth-order valence-corrected chi connectivity index (χ4v) is 3.73. The van der Waals surface area contributed by atoms with Crippen LogP contribution in [-0.2, 0) is 0 Å². The fraction of sp³-hybridized carbons (Fsp3) is 0. The first-order chi connectivity index (χ1) is 14.9. The van der Waals surface area contributed by atoms with Crippen LogP contribution in [0.1, 0.15) is 0 Å². The maximum absolute atomic E-state index is 4.53. The third-order valence-corrected chi connectivity index (χ3v) is 5.14. The quantitative estimate of drug-likeness (QED) is 0.460. The summed E-state index contributed by atoms with van der Waals surface area (Å²) in [4.78, 5) is 21.0. The summed E-state index contributed by atoms with van der Waals surface area (Å²) in [6.45, 7) is 0. The average molecular weight is 389 g/mol. The van der Waals surface area contributed by atoms with Crippen LogP contribution in [0.25, 0.3) is 55.8 Å². The standard InChI is InChI=1S/C23H15N7/c1-2-7-25-18(5-1)15-4-3-6-19-16(15)11-20(28-19)22-17-10-14(12-27-23(17)30-29-22)21-13-24-8-9-26-21/h1-13,28H,(H,27,29,30). The minimum atomic E-state index is 0.723. The Morgan fingerprint density at radius 2 is 1.70 bits per heavy atom. The highest BCUT2D eigenvalue weighted by Gasteiger charge is 2.15. The van der Waals surface area contributed by atoms with Gasteiger partial charge in [0.15, 0.2) is 5.65 Å². The Kier molecular flexibility index (Phi) is 3.64. The second-order valence-corrected chi connectivity index (χ2v) is 6.95. The van der Waals surface area contributed by atoms with Gasteiger partial charge in [-0.25, -0.2) is 4.98 Å². The van der Waals surface area contributed by atoms with Crippen molar-refractivity contribution in [2.24, 2.45) is 0 Å². The Morgan fingerprint density at radius 1 is 0.733 bits per heavy atom. The third-order valence-electron chi connectivity index (χ3n) is 5.14. The van der Waals surface area contributed by atoms with Gasteiger partial charge in [0.2, 0.25) is 0 Å². The van der Waals surface area contributed by atoms with E-state index in [2.05, 4.69) is 53.3 Å². The highest BCUT2D eigenvalue weighted by Crippen LogP contribution is 2.33. The average Bonchev–Trinajstić information content (AvgIpc) is 3.43. The topological polar surface area (TPSA) is 96.0 Å². The summed E-state index contributed by atoms with van der Waals surface area (Å²) in [6, 6.07) is 16.3. The number of hydrogen-bond acceptors (Lipinski definition) is 5. The maximum Gasteiger partial charge on any atom is 0.155 e. The molecule has 6 rings (SSSR count). The van der Waals surface area contributed by atoms with Crippen LogP contribution < -0.4 is 0 Å². The zero-order valence-electron chi connectivity index (χ0n) is 15.7. The lowest BCUT2D eigenvalue weighted by molar-refractivity contribution is 1.10. The van der Waals surface area contributed by atoms with Crippen LogP contribution in [0.3, 0.4) is 0 Å². The molecule has 0 amide bonds. The Bertz CT molecular complexity index is 1480. The predicted octanol–water partition coefficient (Wildman–Crippen LogP) is 4.63. The molecular weight excluding hydrogens is 374 g/mol. The molecule has 0 aliphatic rings. The first-order valence-corrected chi connectivity index (χ1v) is 9.51. The molecule has 142 valence electrons. The number of H-pyrrole nitrogens is 2. The van der Waals surface area contributed by atoms with E-state index < -0.39 is 0 Å². The molecule has 1 aromatic carbocycles. The van der Waals surface area contributed by atoms with Crippen molar-refractivity contribution in [2.75, 3.05) is 0 Å². The van der Waals surface area contributed by atoms with Crippen LogP contribution >= 0.6 is 0 Å². The molecule has 2 N–H and O–H groups in total. The number of hydrogen-bond donors (Lipinski definition) is 2. The third kappa shape index (κ3) is 2.64. The van der Waals surface area contributed by atoms with E-state index in [4.69, 9.17) is 0 Å². The van der Waals surface area contributed by atoms with E-state index >= 15 is 0 Å². The molecule has 0 saturated carbocycles. The molecule has 6 aromatic rings. The van der Waals surface area contributed by atoms with E-state index in [-0.39, 0.29) is 0 Å². The van der Waals surface area contributed by atoms with Crippen molar-refractivity contribution in [3.63, 3.8) is 0 Å². The maximum atomic E-state index is 4.53. The fourth-order valence-electron chi connectivity index (χ4n) is 3.73. The number of nitrogens with one attached hydrogen (secondary N) is 2. The molecule has 0 bridgehead atoms. The highest BCUT2D eigenvalue weighted by molar-refractivity contribution is 6.00. The number of benzene rings is 1. The van der Waals surface area contributed by atoms with E-state index in [1.165, 1.54) is 0 Å². The molecule has 0 aliphatic carbocycles. The van der Waals surface area contributed by atoms with Gasteiger partial charge in [0.25, 0.3) is 0 Å². The van der Waals surface area contributed by atoms with Crippen molar-refractivity contribution in [1.29, 1.82) is 0 Å². The summed E-state index contributed by atoms with van der Waals surface area (Å²) < 4.78 is 0. The molecule has 0 aliphatic heterocycles. The summed E-state index contributed by atoms with van der Waals surface area (Å²) in [5.41, 5.74) is 7.16. The van der Waals surface area contributed by atoms with Crippen molar-refractivity contribution in [1.82, 2.24) is 35.1 Å². The molecule has 0 radical (unpaired) electrons. The van der Waals surface area contributed by atoms with Crippen LogP contribution in [0.5, 0.6) is 0 Å². The van der Waals surface area contributed by atoms with E-state index in [0.717, 1.165) is 55.8 Å². The molecule has 0 spiro atoms. The second-order valence-electron chi connectivity index (χ2n) is 6.95. The Hall–Kier alpha value is -4.39. The van der Waals surface area contributed by atoms with Gasteiger partial charge in [-0.1, -0.05) is 18.2 Å². The van der Waals surface area contributed by atoms with Crippen LogP contribution in [0.2, 0.25) is 0 Å². The molecule has 7 nitrogen and oxygen atoms in total. The molecular formula is C23H15N7. The normalized spacial score (nSPS) is 11.3. The zero-order valence-corrected chi connectivity index (χ0v) is 15.7. The molecule has 7 heteroatoms. The number of fused-ring (bicyclic) bond motifs is 2. The highest BCUT2D eigenvalue weighted by atomic mass is 15.2. The van der Waals surface area contributed by atoms with Gasteiger partial charge in [-0.2, -0.15) is 5.10 Å². The van der Waals surface area contributed by atoms with E-state index in [1.54, 1.807) is 24.8 Å². The number of rotatable bonds is 3. The molecule has 0 unspecified atom stereocenters. The van der Waals surface area contributed by atoms with Crippen molar-refractivity contribution in [2.45, 2.75) is 0 Å². The van der Waals surface area contributed by atoms with Gasteiger partial charge in [0.1, 0.15) is 5.69 Å². The minimum Gasteiger partial charge on any atom is -0.353 e. The van der Waals surface area contributed by atoms with E-state index in [9.17, 15) is 0 Å². The van der Waals surface area contributed by atoms with Crippen molar-refractivity contribution in [3.8, 4) is 33.9 Å². The van der Waals surface area contributed by atoms with Crippen LogP contribution in [0.4, 0.5) is 0 Å². The molecule has 30 heavy (non-hydrogen) atoms. The Morgan fingerprint density at radius 3 is 2.57 bits per heavy atom. The Labute approximate surface area is 170 Å². The van der Waals surface area contributed by atoms with Crippen molar-refractivity contribution in [3.05, 3.63) is 79.5 Å². The molecule has 0 atom stereocenters. The predicted molar refractivity (Wildman–Crippen MR) is 115 cm³/mol. The lowest BCUT2D eigenvalue weighted by atomic mass is 10.1. The number of nitrogens with zero attached hydrogens (tertiary/aromatic N) is 5. The molecule has 0 fully saturated rings. The van der Waals surface area contributed by atoms with Gasteiger partial charge in [-0.15, -0.1) is 0 Å². The monoisotopic (exact) mass is 389 g/mol. The number of aromatic nitrogens is 7. The Balaban J connectivity index is 1.52. The second kappa shape index (κ2) is 6.59. The van der Waals surface area contributed by atoms with E-state index in [0.29, 0.717) is 0 Å². The molecule has 5 aromatic heterocycles. The smallest absolute Gasteiger partial charge is 0.155 e. The van der Waals surface area contributed by atoms with Gasteiger partial charge in [0.05, 0.1) is 23.3 Å². The van der Waals surface area contributed by atoms with Gasteiger partial charge in [-0.3, -0.25) is 20.1 Å². The van der Waals surface area contributed by atoms with Gasteiger partial charge < -0.3 is 4.98 Å². The zero-order chi connectivity index (χ0) is 19.9. The summed E-state index contributed by atoms with van der Waals surface area (Å²) >= 11 is 0. The van der Waals surface area contributed by atoms with Crippen LogP contribution in [-0.4, -0.2) is 35.1 Å². The van der Waals surface area contributed by atoms with Gasteiger partial charge in [0, 0.05) is 52.2 Å². The summed E-state index contributed by atoms with van der Waals surface area (Å²) in [5.74, 6) is 0. The lowest BCUT2D eigenvalue weighted by Crippen LogP contribution is -1.86. The summed E-state index contributed by atoms with van der Waals surface area (Å²) in [6.07, 6.45) is 8.64. The first kappa shape index (κ1) is 16.6. The molecule has 0 saturated heterocycles. The van der Waals surface area contributed by atoms with Crippen LogP contribution in [0.15, 0.2) is 79.5 Å². The molecule has 5 heterocycles. The van der Waals surface area contributed by atoms with Crippen molar-refractivity contribution < 1.29 is 0 Å². The number of aromatic amines is 2. The van der Waals surface area contributed by atoms with E-state index in [1.807, 2.05) is 36.5 Å². The van der Waals surface area contributed by atoms with Crippen LogP contribution in [0, 0.1) is 0 Å². The SMILES string of the molecule is c1ccc(-c2cccc3[nH]c(-c4n[nH]c5ncc(-c6cnccn6)cc45)cc23)nc1.